The summed E-state index contributed by atoms with van der Waals surface area (Å²) in [6.45, 7) is 3.43. The van der Waals surface area contributed by atoms with E-state index in [1.54, 1.807) is 0 Å². The molecule has 0 N–H and O–H groups in total. The van der Waals surface area contributed by atoms with Crippen LogP contribution in [0.4, 0.5) is 39.5 Å². The molecule has 0 aromatic heterocycles. The normalized spacial score (nSPS) is 12.0. The highest BCUT2D eigenvalue weighted by Crippen LogP contribution is 2.37. The summed E-state index contributed by atoms with van der Waals surface area (Å²) in [4.78, 5) is 0. The van der Waals surface area contributed by atoms with E-state index >= 15 is 0 Å². The van der Waals surface area contributed by atoms with Crippen LogP contribution in [-0.4, -0.2) is 0 Å². The maximum absolute atomic E-state index is 14.5. The zero-order chi connectivity index (χ0) is 25.3. The second kappa shape index (κ2) is 9.44. The summed E-state index contributed by atoms with van der Waals surface area (Å²) in [5.41, 5.74) is -3.80. The van der Waals surface area contributed by atoms with E-state index in [-0.39, 0.29) is 24.0 Å². The monoisotopic (exact) mass is 490 g/mol. The second-order valence-corrected chi connectivity index (χ2v) is 7.18. The summed E-state index contributed by atoms with van der Waals surface area (Å²) >= 11 is 0. The Bertz CT molecular complexity index is 1220. The molecule has 34 heavy (non-hydrogen) atoms. The molecule has 0 amide bonds. The van der Waals surface area contributed by atoms with Crippen LogP contribution in [0.15, 0.2) is 61.2 Å². The van der Waals surface area contributed by atoms with E-state index in [1.807, 2.05) is 0 Å². The third-order valence-corrected chi connectivity index (χ3v) is 4.87. The van der Waals surface area contributed by atoms with Gasteiger partial charge in [0.2, 0.25) is 0 Å². The highest BCUT2D eigenvalue weighted by Gasteiger charge is 2.39. The zero-order valence-electron chi connectivity index (χ0n) is 17.1. The molecule has 0 aliphatic heterocycles. The largest absolute Gasteiger partial charge is 0.429 e. The highest BCUT2D eigenvalue weighted by molar-refractivity contribution is 5.65. The SMILES string of the molecule is C=CCCc1ccc(C(F)(F)Oc2ccc(-c3ccc(C(F)(F)F)c(F)c3)c(F)c2)c(F)c1F. The van der Waals surface area contributed by atoms with E-state index < -0.39 is 58.0 Å². The Balaban J connectivity index is 1.87. The van der Waals surface area contributed by atoms with Gasteiger partial charge in [0.1, 0.15) is 22.9 Å². The van der Waals surface area contributed by atoms with Crippen LogP contribution in [0.5, 0.6) is 5.75 Å². The Morgan fingerprint density at radius 1 is 0.765 bits per heavy atom. The van der Waals surface area contributed by atoms with E-state index in [1.165, 1.54) is 6.08 Å². The van der Waals surface area contributed by atoms with Gasteiger partial charge in [-0.1, -0.05) is 18.2 Å². The van der Waals surface area contributed by atoms with Gasteiger partial charge in [-0.15, -0.1) is 6.58 Å². The van der Waals surface area contributed by atoms with Crippen LogP contribution in [0.2, 0.25) is 0 Å². The second-order valence-electron chi connectivity index (χ2n) is 7.18. The minimum atomic E-state index is -4.96. The molecular formula is C24H15F9O. The van der Waals surface area contributed by atoms with E-state index in [2.05, 4.69) is 11.3 Å². The molecule has 1 nitrogen and oxygen atoms in total. The molecule has 0 spiro atoms. The Hall–Kier alpha value is -3.43. The van der Waals surface area contributed by atoms with Crippen molar-refractivity contribution in [3.05, 3.63) is 101 Å². The molecule has 0 fully saturated rings. The number of aryl methyl sites for hydroxylation is 1. The van der Waals surface area contributed by atoms with Gasteiger partial charge in [0.25, 0.3) is 0 Å². The van der Waals surface area contributed by atoms with Crippen molar-refractivity contribution in [2.45, 2.75) is 25.1 Å². The Labute approximate surface area is 188 Å². The number of allylic oxidation sites excluding steroid dienone is 1. The van der Waals surface area contributed by atoms with Gasteiger partial charge < -0.3 is 4.74 Å². The van der Waals surface area contributed by atoms with E-state index in [4.69, 9.17) is 0 Å². The van der Waals surface area contributed by atoms with E-state index in [0.717, 1.165) is 24.3 Å². The molecule has 10 heteroatoms. The van der Waals surface area contributed by atoms with Crippen LogP contribution in [-0.2, 0) is 18.7 Å². The van der Waals surface area contributed by atoms with Gasteiger partial charge >= 0.3 is 12.3 Å². The van der Waals surface area contributed by atoms with Crippen LogP contribution in [0, 0.1) is 23.3 Å². The molecule has 0 aliphatic rings. The molecule has 0 unspecified atom stereocenters. The minimum Gasteiger partial charge on any atom is -0.429 e. The van der Waals surface area contributed by atoms with Crippen LogP contribution in [0.25, 0.3) is 11.1 Å². The Morgan fingerprint density at radius 3 is 2.03 bits per heavy atom. The topological polar surface area (TPSA) is 9.23 Å². The summed E-state index contributed by atoms with van der Waals surface area (Å²) in [7, 11) is 0. The average molecular weight is 490 g/mol. The average Bonchev–Trinajstić information content (AvgIpc) is 2.73. The molecule has 0 radical (unpaired) electrons. The molecule has 180 valence electrons. The van der Waals surface area contributed by atoms with Gasteiger partial charge in [0.05, 0.1) is 5.56 Å². The lowest BCUT2D eigenvalue weighted by molar-refractivity contribution is -0.187. The third kappa shape index (κ3) is 5.21. The summed E-state index contributed by atoms with van der Waals surface area (Å²) in [5, 5.41) is 0. The molecule has 0 heterocycles. The summed E-state index contributed by atoms with van der Waals surface area (Å²) in [5.74, 6) is -6.96. The van der Waals surface area contributed by atoms with E-state index in [0.29, 0.717) is 24.3 Å². The Kier molecular flexibility index (Phi) is 6.99. The molecule has 0 saturated heterocycles. The lowest BCUT2D eigenvalue weighted by Crippen LogP contribution is -2.24. The van der Waals surface area contributed by atoms with E-state index in [9.17, 15) is 39.5 Å². The molecule has 3 aromatic carbocycles. The summed E-state index contributed by atoms with van der Waals surface area (Å²) < 4.78 is 128. The van der Waals surface area contributed by atoms with Gasteiger partial charge in [-0.05, 0) is 54.3 Å². The quantitative estimate of drug-likeness (QED) is 0.240. The molecule has 0 aliphatic carbocycles. The van der Waals surface area contributed by atoms with Crippen LogP contribution in [0.3, 0.4) is 0 Å². The van der Waals surface area contributed by atoms with Crippen molar-refractivity contribution in [3.63, 3.8) is 0 Å². The van der Waals surface area contributed by atoms with Crippen molar-refractivity contribution < 1.29 is 44.3 Å². The minimum absolute atomic E-state index is 0.0379. The number of halogens is 9. The van der Waals surface area contributed by atoms with Crippen molar-refractivity contribution in [3.8, 4) is 16.9 Å². The fraction of sp³-hybridized carbons (Fsp3) is 0.167. The van der Waals surface area contributed by atoms with Gasteiger partial charge in [-0.2, -0.15) is 22.0 Å². The fourth-order valence-electron chi connectivity index (χ4n) is 3.17. The number of alkyl halides is 5. The molecule has 0 saturated carbocycles. The lowest BCUT2D eigenvalue weighted by atomic mass is 10.0. The first-order valence-electron chi connectivity index (χ1n) is 9.67. The predicted octanol–water partition coefficient (Wildman–Crippen LogP) is 8.18. The first-order chi connectivity index (χ1) is 15.8. The van der Waals surface area contributed by atoms with Crippen molar-refractivity contribution in [2.24, 2.45) is 0 Å². The molecule has 3 aromatic rings. The van der Waals surface area contributed by atoms with Crippen molar-refractivity contribution in [1.29, 1.82) is 0 Å². The molecule has 0 bridgehead atoms. The van der Waals surface area contributed by atoms with Gasteiger partial charge in [0.15, 0.2) is 11.6 Å². The van der Waals surface area contributed by atoms with Crippen molar-refractivity contribution in [2.75, 3.05) is 0 Å². The fourth-order valence-corrected chi connectivity index (χ4v) is 3.17. The van der Waals surface area contributed by atoms with Gasteiger partial charge in [0, 0.05) is 11.6 Å². The number of hydrogen-bond acceptors (Lipinski definition) is 1. The Morgan fingerprint density at radius 2 is 1.44 bits per heavy atom. The van der Waals surface area contributed by atoms with Crippen molar-refractivity contribution in [1.82, 2.24) is 0 Å². The molecule has 0 atom stereocenters. The molecule has 3 rings (SSSR count). The first-order valence-corrected chi connectivity index (χ1v) is 9.67. The summed E-state index contributed by atoms with van der Waals surface area (Å²) in [6.07, 6.45) is -7.58. The maximum atomic E-state index is 14.5. The zero-order valence-corrected chi connectivity index (χ0v) is 17.1. The van der Waals surface area contributed by atoms with Gasteiger partial charge in [-0.3, -0.25) is 0 Å². The maximum Gasteiger partial charge on any atom is 0.429 e. The van der Waals surface area contributed by atoms with Crippen LogP contribution < -0.4 is 4.74 Å². The highest BCUT2D eigenvalue weighted by atomic mass is 19.4. The first kappa shape index (κ1) is 25.2. The van der Waals surface area contributed by atoms with Gasteiger partial charge in [-0.25, -0.2) is 17.6 Å². The number of benzene rings is 3. The number of ether oxygens (including phenoxy) is 1. The number of hydrogen-bond donors (Lipinski definition) is 0. The van der Waals surface area contributed by atoms with Crippen LogP contribution >= 0.6 is 0 Å². The third-order valence-electron chi connectivity index (χ3n) is 4.87. The van der Waals surface area contributed by atoms with Crippen molar-refractivity contribution >= 4 is 0 Å². The summed E-state index contributed by atoms with van der Waals surface area (Å²) in [6, 6.07) is 5.45. The standard InChI is InChI=1S/C24H15F9O/c1-2-3-4-13-5-10-18(22(28)21(13)27)24(32,33)34-15-7-8-16(19(25)12-15)14-6-9-17(20(26)11-14)23(29,30)31/h2,5-12H,1,3-4H2. The molecular weight excluding hydrogens is 475 g/mol. The predicted molar refractivity (Wildman–Crippen MR) is 106 cm³/mol. The van der Waals surface area contributed by atoms with Crippen LogP contribution in [0.1, 0.15) is 23.1 Å². The number of rotatable bonds is 7. The lowest BCUT2D eigenvalue weighted by Gasteiger charge is -2.20. The smallest absolute Gasteiger partial charge is 0.429 e.